The van der Waals surface area contributed by atoms with E-state index in [9.17, 15) is 9.59 Å². The van der Waals surface area contributed by atoms with Gasteiger partial charge in [0.1, 0.15) is 5.75 Å². The molecule has 2 aromatic carbocycles. The SMILES string of the molecule is COc1ccccc1SCC(C)CNC(=O)c1ccc(NC(=O)c2ccco2)cc1. The molecular weight excluding hydrogens is 400 g/mol. The van der Waals surface area contributed by atoms with Gasteiger partial charge in [0.15, 0.2) is 5.76 Å². The highest BCUT2D eigenvalue weighted by Gasteiger charge is 2.12. The molecule has 1 atom stereocenters. The molecule has 0 aliphatic rings. The number of thioether (sulfide) groups is 1. The molecule has 6 nitrogen and oxygen atoms in total. The largest absolute Gasteiger partial charge is 0.496 e. The van der Waals surface area contributed by atoms with E-state index < -0.39 is 0 Å². The molecule has 0 saturated heterocycles. The van der Waals surface area contributed by atoms with Crippen LogP contribution >= 0.6 is 11.8 Å². The highest BCUT2D eigenvalue weighted by atomic mass is 32.2. The molecular formula is C23H24N2O4S. The maximum Gasteiger partial charge on any atom is 0.291 e. The first-order chi connectivity index (χ1) is 14.6. The van der Waals surface area contributed by atoms with Crippen LogP contribution in [0.2, 0.25) is 0 Å². The van der Waals surface area contributed by atoms with Crippen molar-refractivity contribution in [2.45, 2.75) is 11.8 Å². The molecule has 3 aromatic rings. The van der Waals surface area contributed by atoms with Crippen LogP contribution < -0.4 is 15.4 Å². The first kappa shape index (κ1) is 21.5. The van der Waals surface area contributed by atoms with E-state index >= 15 is 0 Å². The van der Waals surface area contributed by atoms with Gasteiger partial charge in [0.2, 0.25) is 0 Å². The Morgan fingerprint density at radius 1 is 1.03 bits per heavy atom. The van der Waals surface area contributed by atoms with Gasteiger partial charge < -0.3 is 19.8 Å². The second kappa shape index (κ2) is 10.5. The number of methoxy groups -OCH3 is 1. The molecule has 2 amide bonds. The molecule has 30 heavy (non-hydrogen) atoms. The van der Waals surface area contributed by atoms with Crippen LogP contribution in [0.4, 0.5) is 5.69 Å². The molecule has 3 rings (SSSR count). The van der Waals surface area contributed by atoms with E-state index in [1.165, 1.54) is 6.26 Å². The number of para-hydroxylation sites is 1. The topological polar surface area (TPSA) is 80.6 Å². The molecule has 1 heterocycles. The van der Waals surface area contributed by atoms with Crippen molar-refractivity contribution in [3.8, 4) is 5.75 Å². The summed E-state index contributed by atoms with van der Waals surface area (Å²) in [5, 5.41) is 5.69. The van der Waals surface area contributed by atoms with Crippen LogP contribution in [-0.4, -0.2) is 31.2 Å². The molecule has 1 aromatic heterocycles. The average molecular weight is 425 g/mol. The zero-order valence-electron chi connectivity index (χ0n) is 16.9. The number of hydrogen-bond acceptors (Lipinski definition) is 5. The number of ether oxygens (including phenoxy) is 1. The average Bonchev–Trinajstić information content (AvgIpc) is 3.32. The maximum atomic E-state index is 12.4. The molecule has 0 aliphatic carbocycles. The smallest absolute Gasteiger partial charge is 0.291 e. The molecule has 0 saturated carbocycles. The van der Waals surface area contributed by atoms with Crippen LogP contribution in [0.15, 0.2) is 76.2 Å². The minimum atomic E-state index is -0.335. The van der Waals surface area contributed by atoms with Crippen molar-refractivity contribution in [2.75, 3.05) is 24.7 Å². The number of nitrogens with one attached hydrogen (secondary N) is 2. The van der Waals surface area contributed by atoms with E-state index in [0.29, 0.717) is 17.8 Å². The number of carbonyl (C=O) groups is 2. The minimum absolute atomic E-state index is 0.145. The number of hydrogen-bond donors (Lipinski definition) is 2. The lowest BCUT2D eigenvalue weighted by molar-refractivity contribution is 0.0948. The van der Waals surface area contributed by atoms with Gasteiger partial charge in [-0.25, -0.2) is 0 Å². The molecule has 0 spiro atoms. The number of rotatable bonds is 9. The predicted octanol–water partition coefficient (Wildman–Crippen LogP) is 4.70. The van der Waals surface area contributed by atoms with Gasteiger partial charge in [-0.3, -0.25) is 9.59 Å². The Labute approximate surface area is 180 Å². The standard InChI is InChI=1S/C23H24N2O4S/c1-16(15-30-21-8-4-3-6-19(21)28-2)14-24-22(26)17-9-11-18(12-10-17)25-23(27)20-7-5-13-29-20/h3-13,16H,14-15H2,1-2H3,(H,24,26)(H,25,27). The summed E-state index contributed by atoms with van der Waals surface area (Å²) in [5.41, 5.74) is 1.13. The Kier molecular flexibility index (Phi) is 7.57. The Bertz CT molecular complexity index is 971. The molecule has 2 N–H and O–H groups in total. The number of carbonyl (C=O) groups excluding carboxylic acids is 2. The van der Waals surface area contributed by atoms with E-state index in [1.807, 2.05) is 24.3 Å². The van der Waals surface area contributed by atoms with Crippen LogP contribution in [-0.2, 0) is 0 Å². The Morgan fingerprint density at radius 3 is 2.50 bits per heavy atom. The third-order valence-electron chi connectivity index (χ3n) is 4.35. The number of benzene rings is 2. The Balaban J connectivity index is 1.45. The highest BCUT2D eigenvalue weighted by molar-refractivity contribution is 7.99. The zero-order valence-corrected chi connectivity index (χ0v) is 17.7. The summed E-state index contributed by atoms with van der Waals surface area (Å²) >= 11 is 1.71. The normalized spacial score (nSPS) is 11.5. The molecule has 156 valence electrons. The van der Waals surface area contributed by atoms with E-state index in [2.05, 4.69) is 17.6 Å². The number of furan rings is 1. The molecule has 0 radical (unpaired) electrons. The summed E-state index contributed by atoms with van der Waals surface area (Å²) in [5.74, 6) is 1.76. The lowest BCUT2D eigenvalue weighted by Gasteiger charge is -2.14. The third kappa shape index (κ3) is 5.90. The van der Waals surface area contributed by atoms with Crippen LogP contribution in [0, 0.1) is 5.92 Å². The quantitative estimate of drug-likeness (QED) is 0.487. The monoisotopic (exact) mass is 424 g/mol. The summed E-state index contributed by atoms with van der Waals surface area (Å²) in [6.45, 7) is 2.66. The van der Waals surface area contributed by atoms with Crippen LogP contribution in [0.3, 0.4) is 0 Å². The van der Waals surface area contributed by atoms with Crippen molar-refractivity contribution in [3.63, 3.8) is 0 Å². The number of amides is 2. The van der Waals surface area contributed by atoms with Crippen molar-refractivity contribution in [1.82, 2.24) is 5.32 Å². The first-order valence-corrected chi connectivity index (χ1v) is 10.5. The van der Waals surface area contributed by atoms with Crippen LogP contribution in [0.1, 0.15) is 27.8 Å². The molecule has 0 aliphatic heterocycles. The summed E-state index contributed by atoms with van der Waals surface area (Å²) in [4.78, 5) is 25.5. The highest BCUT2D eigenvalue weighted by Crippen LogP contribution is 2.29. The lowest BCUT2D eigenvalue weighted by Crippen LogP contribution is -2.29. The Hall–Kier alpha value is -3.19. The van der Waals surface area contributed by atoms with Crippen molar-refractivity contribution < 1.29 is 18.7 Å². The lowest BCUT2D eigenvalue weighted by atomic mass is 10.1. The fourth-order valence-corrected chi connectivity index (χ4v) is 3.75. The van der Waals surface area contributed by atoms with Gasteiger partial charge in [0, 0.05) is 28.4 Å². The van der Waals surface area contributed by atoms with Gasteiger partial charge in [-0.15, -0.1) is 11.8 Å². The second-order valence-corrected chi connectivity index (χ2v) is 7.85. The van der Waals surface area contributed by atoms with E-state index in [0.717, 1.165) is 16.4 Å². The van der Waals surface area contributed by atoms with Crippen molar-refractivity contribution in [1.29, 1.82) is 0 Å². The van der Waals surface area contributed by atoms with E-state index in [-0.39, 0.29) is 23.5 Å². The zero-order chi connectivity index (χ0) is 21.3. The van der Waals surface area contributed by atoms with Gasteiger partial charge in [0.05, 0.1) is 13.4 Å². The fraction of sp³-hybridized carbons (Fsp3) is 0.217. The van der Waals surface area contributed by atoms with Gasteiger partial charge >= 0.3 is 0 Å². The van der Waals surface area contributed by atoms with Crippen LogP contribution in [0.25, 0.3) is 0 Å². The minimum Gasteiger partial charge on any atom is -0.496 e. The van der Waals surface area contributed by atoms with Crippen molar-refractivity contribution >= 4 is 29.3 Å². The summed E-state index contributed by atoms with van der Waals surface area (Å²) < 4.78 is 10.4. The molecule has 7 heteroatoms. The van der Waals surface area contributed by atoms with E-state index in [1.54, 1.807) is 55.3 Å². The summed E-state index contributed by atoms with van der Waals surface area (Å²) in [7, 11) is 1.66. The molecule has 0 bridgehead atoms. The molecule has 0 fully saturated rings. The van der Waals surface area contributed by atoms with Gasteiger partial charge in [-0.2, -0.15) is 0 Å². The predicted molar refractivity (Wildman–Crippen MR) is 118 cm³/mol. The van der Waals surface area contributed by atoms with Gasteiger partial charge in [0.25, 0.3) is 11.8 Å². The van der Waals surface area contributed by atoms with Gasteiger partial charge in [-0.05, 0) is 54.4 Å². The summed E-state index contributed by atoms with van der Waals surface area (Å²) in [6.07, 6.45) is 1.44. The Morgan fingerprint density at radius 2 is 1.80 bits per heavy atom. The third-order valence-corrected chi connectivity index (χ3v) is 5.74. The summed E-state index contributed by atoms with van der Waals surface area (Å²) in [6, 6.07) is 17.9. The van der Waals surface area contributed by atoms with E-state index in [4.69, 9.17) is 9.15 Å². The second-order valence-electron chi connectivity index (χ2n) is 6.79. The van der Waals surface area contributed by atoms with Crippen LogP contribution in [0.5, 0.6) is 5.75 Å². The fourth-order valence-electron chi connectivity index (χ4n) is 2.70. The first-order valence-electron chi connectivity index (χ1n) is 9.55. The van der Waals surface area contributed by atoms with Crippen molar-refractivity contribution in [3.05, 3.63) is 78.3 Å². The van der Waals surface area contributed by atoms with Crippen molar-refractivity contribution in [2.24, 2.45) is 5.92 Å². The number of anilines is 1. The van der Waals surface area contributed by atoms with Gasteiger partial charge in [-0.1, -0.05) is 19.1 Å². The molecule has 1 unspecified atom stereocenters. The maximum absolute atomic E-state index is 12.4.